The maximum atomic E-state index is 12.4. The van der Waals surface area contributed by atoms with E-state index in [1.165, 1.54) is 0 Å². The summed E-state index contributed by atoms with van der Waals surface area (Å²) in [6.07, 6.45) is 0. The van der Waals surface area contributed by atoms with Gasteiger partial charge in [0.2, 0.25) is 0 Å². The van der Waals surface area contributed by atoms with Crippen molar-refractivity contribution in [2.45, 2.75) is 33.2 Å². The van der Waals surface area contributed by atoms with Crippen LogP contribution < -0.4 is 10.1 Å². The van der Waals surface area contributed by atoms with Crippen LogP contribution in [0.25, 0.3) is 10.9 Å². The van der Waals surface area contributed by atoms with Crippen molar-refractivity contribution in [2.75, 3.05) is 7.11 Å². The third-order valence-corrected chi connectivity index (χ3v) is 3.10. The molecule has 5 heteroatoms. The molecular formula is C15H20N2O3. The van der Waals surface area contributed by atoms with E-state index in [1.54, 1.807) is 32.2 Å². The molecule has 0 spiro atoms. The molecule has 20 heavy (non-hydrogen) atoms. The second kappa shape index (κ2) is 4.74. The van der Waals surface area contributed by atoms with Crippen LogP contribution in [0, 0.1) is 6.92 Å². The van der Waals surface area contributed by atoms with Gasteiger partial charge in [0.25, 0.3) is 5.91 Å². The van der Waals surface area contributed by atoms with Gasteiger partial charge in [-0.1, -0.05) is 0 Å². The van der Waals surface area contributed by atoms with E-state index in [9.17, 15) is 10.0 Å². The summed E-state index contributed by atoms with van der Waals surface area (Å²) in [6.45, 7) is 7.46. The zero-order chi connectivity index (χ0) is 15.1. The molecule has 108 valence electrons. The van der Waals surface area contributed by atoms with Gasteiger partial charge in [-0.15, -0.1) is 0 Å². The van der Waals surface area contributed by atoms with Gasteiger partial charge < -0.3 is 15.3 Å². The van der Waals surface area contributed by atoms with E-state index in [2.05, 4.69) is 5.32 Å². The quantitative estimate of drug-likeness (QED) is 0.829. The summed E-state index contributed by atoms with van der Waals surface area (Å²) < 4.78 is 6.22. The summed E-state index contributed by atoms with van der Waals surface area (Å²) in [5.41, 5.74) is 1.22. The van der Waals surface area contributed by atoms with Gasteiger partial charge in [-0.3, -0.25) is 4.79 Å². The van der Waals surface area contributed by atoms with E-state index in [0.717, 1.165) is 4.73 Å². The molecule has 1 amide bonds. The molecule has 1 heterocycles. The predicted molar refractivity (Wildman–Crippen MR) is 77.6 cm³/mol. The van der Waals surface area contributed by atoms with Crippen LogP contribution in [0.5, 0.6) is 5.75 Å². The fraction of sp³-hybridized carbons (Fsp3) is 0.400. The zero-order valence-electron chi connectivity index (χ0n) is 12.4. The lowest BCUT2D eigenvalue weighted by atomic mass is 10.1. The number of methoxy groups -OCH3 is 1. The molecule has 0 unspecified atom stereocenters. The van der Waals surface area contributed by atoms with Gasteiger partial charge in [0.1, 0.15) is 5.75 Å². The average molecular weight is 276 g/mol. The van der Waals surface area contributed by atoms with Crippen LogP contribution >= 0.6 is 0 Å². The summed E-state index contributed by atoms with van der Waals surface area (Å²) in [5, 5.41) is 13.7. The summed E-state index contributed by atoms with van der Waals surface area (Å²) in [6, 6.07) is 5.24. The van der Waals surface area contributed by atoms with Crippen LogP contribution in [-0.4, -0.2) is 28.5 Å². The third kappa shape index (κ3) is 2.43. The van der Waals surface area contributed by atoms with Crippen molar-refractivity contribution in [3.05, 3.63) is 29.5 Å². The van der Waals surface area contributed by atoms with E-state index in [-0.39, 0.29) is 11.4 Å². The van der Waals surface area contributed by atoms with Crippen molar-refractivity contribution in [1.29, 1.82) is 0 Å². The molecule has 0 saturated heterocycles. The van der Waals surface area contributed by atoms with Crippen molar-refractivity contribution in [3.8, 4) is 5.75 Å². The van der Waals surface area contributed by atoms with Gasteiger partial charge in [-0.25, -0.2) is 0 Å². The predicted octanol–water partition coefficient (Wildman–Crippen LogP) is 2.72. The second-order valence-corrected chi connectivity index (χ2v) is 5.86. The molecule has 2 aromatic rings. The van der Waals surface area contributed by atoms with E-state index in [1.807, 2.05) is 20.8 Å². The number of carbonyl (C=O) groups excluding carboxylic acids is 1. The highest BCUT2D eigenvalue weighted by Crippen LogP contribution is 2.28. The first-order chi connectivity index (χ1) is 9.24. The Hall–Kier alpha value is -2.17. The molecule has 0 saturated carbocycles. The molecule has 0 bridgehead atoms. The molecule has 0 aliphatic carbocycles. The molecule has 1 aromatic heterocycles. The first-order valence-electron chi connectivity index (χ1n) is 6.45. The van der Waals surface area contributed by atoms with Gasteiger partial charge in [-0.2, -0.15) is 4.73 Å². The van der Waals surface area contributed by atoms with Crippen molar-refractivity contribution in [2.24, 2.45) is 0 Å². The number of amides is 1. The Kier molecular flexibility index (Phi) is 3.38. The Morgan fingerprint density at radius 3 is 2.55 bits per heavy atom. The van der Waals surface area contributed by atoms with Crippen LogP contribution in [0.4, 0.5) is 0 Å². The molecule has 0 fully saturated rings. The number of ether oxygens (including phenoxy) is 1. The maximum Gasteiger partial charge on any atom is 0.254 e. The van der Waals surface area contributed by atoms with E-state index >= 15 is 0 Å². The lowest BCUT2D eigenvalue weighted by Crippen LogP contribution is -2.40. The van der Waals surface area contributed by atoms with E-state index in [0.29, 0.717) is 27.9 Å². The molecular weight excluding hydrogens is 256 g/mol. The van der Waals surface area contributed by atoms with Gasteiger partial charge >= 0.3 is 0 Å². The van der Waals surface area contributed by atoms with Crippen LogP contribution in [0.2, 0.25) is 0 Å². The third-order valence-electron chi connectivity index (χ3n) is 3.10. The number of fused-ring (bicyclic) bond motifs is 1. The lowest BCUT2D eigenvalue weighted by Gasteiger charge is -2.20. The van der Waals surface area contributed by atoms with Gasteiger partial charge in [0, 0.05) is 10.9 Å². The fourth-order valence-corrected chi connectivity index (χ4v) is 2.20. The topological polar surface area (TPSA) is 63.5 Å². The largest absolute Gasteiger partial charge is 0.497 e. The first-order valence-corrected chi connectivity index (χ1v) is 6.45. The van der Waals surface area contributed by atoms with Gasteiger partial charge in [0.05, 0.1) is 23.9 Å². The minimum atomic E-state index is -0.341. The van der Waals surface area contributed by atoms with Crippen LogP contribution in [0.3, 0.4) is 0 Å². The highest BCUT2D eigenvalue weighted by atomic mass is 16.5. The average Bonchev–Trinajstić information content (AvgIpc) is 2.59. The SMILES string of the molecule is COc1ccc2c(c1)c(C(=O)NC(C)(C)C)c(C)n2O. The van der Waals surface area contributed by atoms with Crippen LogP contribution in [0.15, 0.2) is 18.2 Å². The highest BCUT2D eigenvalue weighted by molar-refractivity contribution is 6.08. The monoisotopic (exact) mass is 276 g/mol. The van der Waals surface area contributed by atoms with E-state index in [4.69, 9.17) is 4.74 Å². The zero-order valence-corrected chi connectivity index (χ0v) is 12.4. The summed E-state index contributed by atoms with van der Waals surface area (Å²) in [7, 11) is 1.57. The molecule has 5 nitrogen and oxygen atoms in total. The summed E-state index contributed by atoms with van der Waals surface area (Å²) >= 11 is 0. The summed E-state index contributed by atoms with van der Waals surface area (Å²) in [5.74, 6) is 0.439. The smallest absolute Gasteiger partial charge is 0.254 e. The number of hydrogen-bond acceptors (Lipinski definition) is 3. The number of nitrogens with zero attached hydrogens (tertiary/aromatic N) is 1. The molecule has 2 rings (SSSR count). The van der Waals surface area contributed by atoms with Crippen molar-refractivity contribution >= 4 is 16.8 Å². The summed E-state index contributed by atoms with van der Waals surface area (Å²) in [4.78, 5) is 12.4. The molecule has 0 atom stereocenters. The highest BCUT2D eigenvalue weighted by Gasteiger charge is 2.23. The van der Waals surface area contributed by atoms with Crippen LogP contribution in [0.1, 0.15) is 36.8 Å². The normalized spacial score (nSPS) is 11.7. The van der Waals surface area contributed by atoms with E-state index < -0.39 is 0 Å². The number of carbonyl (C=O) groups is 1. The maximum absolute atomic E-state index is 12.4. The standard InChI is InChI=1S/C15H20N2O3/c1-9-13(14(18)16-15(2,3)4)11-8-10(20-5)6-7-12(11)17(9)19/h6-8,19H,1-5H3,(H,16,18). The minimum Gasteiger partial charge on any atom is -0.497 e. The van der Waals surface area contributed by atoms with Crippen molar-refractivity contribution in [3.63, 3.8) is 0 Å². The van der Waals surface area contributed by atoms with Crippen LogP contribution in [-0.2, 0) is 0 Å². The Morgan fingerprint density at radius 2 is 2.00 bits per heavy atom. The minimum absolute atomic E-state index is 0.207. The number of rotatable bonds is 2. The Morgan fingerprint density at radius 1 is 1.35 bits per heavy atom. The number of aromatic nitrogens is 1. The fourth-order valence-electron chi connectivity index (χ4n) is 2.20. The van der Waals surface area contributed by atoms with Gasteiger partial charge in [-0.05, 0) is 45.9 Å². The Bertz CT molecular complexity index is 666. The van der Waals surface area contributed by atoms with Crippen molar-refractivity contribution < 1.29 is 14.7 Å². The second-order valence-electron chi connectivity index (χ2n) is 5.86. The lowest BCUT2D eigenvalue weighted by molar-refractivity contribution is 0.0917. The number of benzene rings is 1. The molecule has 1 aromatic carbocycles. The molecule has 2 N–H and O–H groups in total. The number of hydrogen-bond donors (Lipinski definition) is 2. The van der Waals surface area contributed by atoms with Crippen molar-refractivity contribution in [1.82, 2.24) is 10.0 Å². The molecule has 0 radical (unpaired) electrons. The molecule has 0 aliphatic heterocycles. The molecule has 0 aliphatic rings. The Balaban J connectivity index is 2.62. The Labute approximate surface area is 118 Å². The number of nitrogens with one attached hydrogen (secondary N) is 1. The first kappa shape index (κ1) is 14.2. The van der Waals surface area contributed by atoms with Gasteiger partial charge in [0.15, 0.2) is 0 Å².